The van der Waals surface area contributed by atoms with Crippen molar-refractivity contribution in [1.82, 2.24) is 5.32 Å². The lowest BCUT2D eigenvalue weighted by atomic mass is 10.0. The first kappa shape index (κ1) is 14.2. The van der Waals surface area contributed by atoms with E-state index in [-0.39, 0.29) is 11.9 Å². The van der Waals surface area contributed by atoms with E-state index in [1.165, 1.54) is 5.56 Å². The van der Waals surface area contributed by atoms with E-state index in [2.05, 4.69) is 28.2 Å². The van der Waals surface area contributed by atoms with E-state index in [0.717, 1.165) is 16.5 Å². The van der Waals surface area contributed by atoms with Gasteiger partial charge in [-0.1, -0.05) is 28.9 Å². The van der Waals surface area contributed by atoms with Gasteiger partial charge in [0, 0.05) is 16.9 Å². The van der Waals surface area contributed by atoms with Crippen molar-refractivity contribution >= 4 is 21.8 Å². The number of nitrogens with one attached hydrogen (secondary N) is 1. The third-order valence-corrected chi connectivity index (χ3v) is 4.25. The average molecular weight is 298 g/mol. The van der Waals surface area contributed by atoms with Crippen molar-refractivity contribution in [3.63, 3.8) is 0 Å². The summed E-state index contributed by atoms with van der Waals surface area (Å²) >= 11 is 3.43. The number of aryl methyl sites for hydroxylation is 2. The van der Waals surface area contributed by atoms with Gasteiger partial charge in [-0.05, 0) is 49.9 Å². The van der Waals surface area contributed by atoms with E-state index in [4.69, 9.17) is 0 Å². The van der Waals surface area contributed by atoms with Gasteiger partial charge >= 0.3 is 0 Å². The fourth-order valence-electron chi connectivity index (χ4n) is 1.45. The standard InChI is InChI=1S/C14H20BrNO/c1-9-5-6-13(7-10(9)2)14(17)16-12(4)11(3)8-15/h5-7,11-12H,8H2,1-4H3,(H,16,17). The molecule has 0 fully saturated rings. The minimum absolute atomic E-state index is 0.00778. The lowest BCUT2D eigenvalue weighted by molar-refractivity contribution is 0.0931. The molecule has 1 aromatic carbocycles. The third-order valence-electron chi connectivity index (χ3n) is 3.22. The van der Waals surface area contributed by atoms with Gasteiger partial charge in [0.15, 0.2) is 0 Å². The second kappa shape index (κ2) is 6.20. The minimum Gasteiger partial charge on any atom is -0.349 e. The number of halogens is 1. The summed E-state index contributed by atoms with van der Waals surface area (Å²) in [6, 6.07) is 5.98. The molecule has 1 aromatic rings. The van der Waals surface area contributed by atoms with Crippen LogP contribution in [0.1, 0.15) is 35.3 Å². The van der Waals surface area contributed by atoms with Crippen molar-refractivity contribution in [2.75, 3.05) is 5.33 Å². The molecule has 0 saturated carbocycles. The van der Waals surface area contributed by atoms with Crippen molar-refractivity contribution < 1.29 is 4.79 Å². The second-order valence-electron chi connectivity index (χ2n) is 4.69. The van der Waals surface area contributed by atoms with Gasteiger partial charge in [-0.2, -0.15) is 0 Å². The van der Waals surface area contributed by atoms with Gasteiger partial charge in [0.1, 0.15) is 0 Å². The Morgan fingerprint density at radius 1 is 1.29 bits per heavy atom. The monoisotopic (exact) mass is 297 g/mol. The van der Waals surface area contributed by atoms with Crippen molar-refractivity contribution in [2.45, 2.75) is 33.7 Å². The molecule has 0 aliphatic carbocycles. The molecule has 0 aliphatic heterocycles. The highest BCUT2D eigenvalue weighted by Crippen LogP contribution is 2.11. The van der Waals surface area contributed by atoms with Crippen LogP contribution < -0.4 is 5.32 Å². The SMILES string of the molecule is Cc1ccc(C(=O)NC(C)C(C)CBr)cc1C. The van der Waals surface area contributed by atoms with Gasteiger partial charge in [0.2, 0.25) is 0 Å². The fourth-order valence-corrected chi connectivity index (χ4v) is 2.01. The Balaban J connectivity index is 2.73. The summed E-state index contributed by atoms with van der Waals surface area (Å²) < 4.78 is 0. The van der Waals surface area contributed by atoms with Crippen LogP contribution in [-0.2, 0) is 0 Å². The lowest BCUT2D eigenvalue weighted by Crippen LogP contribution is -2.37. The largest absolute Gasteiger partial charge is 0.349 e. The van der Waals surface area contributed by atoms with Crippen LogP contribution in [0.5, 0.6) is 0 Å². The minimum atomic E-state index is 0.00778. The van der Waals surface area contributed by atoms with Crippen molar-refractivity contribution in [1.29, 1.82) is 0 Å². The highest BCUT2D eigenvalue weighted by molar-refractivity contribution is 9.09. The number of hydrogen-bond donors (Lipinski definition) is 1. The molecule has 3 heteroatoms. The molecule has 0 aromatic heterocycles. The Morgan fingerprint density at radius 2 is 1.94 bits per heavy atom. The number of amides is 1. The first-order valence-electron chi connectivity index (χ1n) is 5.89. The normalized spacial score (nSPS) is 14.2. The molecule has 0 bridgehead atoms. The number of benzene rings is 1. The average Bonchev–Trinajstić information content (AvgIpc) is 2.31. The van der Waals surface area contributed by atoms with E-state index in [9.17, 15) is 4.79 Å². The van der Waals surface area contributed by atoms with Crippen molar-refractivity contribution in [3.05, 3.63) is 34.9 Å². The van der Waals surface area contributed by atoms with Crippen molar-refractivity contribution in [3.8, 4) is 0 Å². The highest BCUT2D eigenvalue weighted by Gasteiger charge is 2.14. The number of hydrogen-bond acceptors (Lipinski definition) is 1. The zero-order valence-electron chi connectivity index (χ0n) is 10.9. The van der Waals surface area contributed by atoms with Crippen LogP contribution >= 0.6 is 15.9 Å². The number of alkyl halides is 1. The maximum absolute atomic E-state index is 12.0. The van der Waals surface area contributed by atoms with Gasteiger partial charge in [0.05, 0.1) is 0 Å². The van der Waals surface area contributed by atoms with Crippen LogP contribution in [-0.4, -0.2) is 17.3 Å². The maximum Gasteiger partial charge on any atom is 0.251 e. The summed E-state index contributed by atoms with van der Waals surface area (Å²) in [5, 5.41) is 3.91. The molecule has 0 saturated heterocycles. The summed E-state index contributed by atoms with van der Waals surface area (Å²) in [4.78, 5) is 12.0. The van der Waals surface area contributed by atoms with E-state index >= 15 is 0 Å². The summed E-state index contributed by atoms with van der Waals surface area (Å²) in [6.45, 7) is 8.22. The van der Waals surface area contributed by atoms with Crippen LogP contribution in [0.2, 0.25) is 0 Å². The fraction of sp³-hybridized carbons (Fsp3) is 0.500. The Labute approximate surface area is 112 Å². The molecule has 94 valence electrons. The van der Waals surface area contributed by atoms with Crippen LogP contribution in [0.15, 0.2) is 18.2 Å². The quantitative estimate of drug-likeness (QED) is 0.848. The van der Waals surface area contributed by atoms with Crippen molar-refractivity contribution in [2.24, 2.45) is 5.92 Å². The van der Waals surface area contributed by atoms with Crippen LogP contribution in [0.4, 0.5) is 0 Å². The van der Waals surface area contributed by atoms with Crippen LogP contribution in [0.25, 0.3) is 0 Å². The number of rotatable bonds is 4. The predicted molar refractivity (Wildman–Crippen MR) is 75.8 cm³/mol. The first-order valence-corrected chi connectivity index (χ1v) is 7.02. The van der Waals surface area contributed by atoms with Gasteiger partial charge in [0.25, 0.3) is 5.91 Å². The molecule has 17 heavy (non-hydrogen) atoms. The third kappa shape index (κ3) is 3.84. The summed E-state index contributed by atoms with van der Waals surface area (Å²) in [5.41, 5.74) is 3.10. The topological polar surface area (TPSA) is 29.1 Å². The number of carbonyl (C=O) groups excluding carboxylic acids is 1. The molecule has 0 heterocycles. The Hall–Kier alpha value is -0.830. The summed E-state index contributed by atoms with van der Waals surface area (Å²) in [7, 11) is 0. The molecule has 2 nitrogen and oxygen atoms in total. The van der Waals surface area contributed by atoms with E-state index in [1.807, 2.05) is 39.0 Å². The molecule has 0 spiro atoms. The van der Waals surface area contributed by atoms with Crippen LogP contribution in [0, 0.1) is 19.8 Å². The van der Waals surface area contributed by atoms with E-state index in [1.54, 1.807) is 0 Å². The molecule has 0 aliphatic rings. The summed E-state index contributed by atoms with van der Waals surface area (Å²) in [6.07, 6.45) is 0. The molecular weight excluding hydrogens is 278 g/mol. The lowest BCUT2D eigenvalue weighted by Gasteiger charge is -2.19. The van der Waals surface area contributed by atoms with E-state index in [0.29, 0.717) is 5.92 Å². The van der Waals surface area contributed by atoms with Gasteiger partial charge in [-0.15, -0.1) is 0 Å². The van der Waals surface area contributed by atoms with E-state index < -0.39 is 0 Å². The molecule has 0 radical (unpaired) electrons. The Morgan fingerprint density at radius 3 is 2.47 bits per heavy atom. The van der Waals surface area contributed by atoms with Gasteiger partial charge in [-0.3, -0.25) is 4.79 Å². The zero-order valence-corrected chi connectivity index (χ0v) is 12.5. The van der Waals surface area contributed by atoms with Gasteiger partial charge in [-0.25, -0.2) is 0 Å². The molecular formula is C14H20BrNO. The second-order valence-corrected chi connectivity index (χ2v) is 5.34. The Kier molecular flexibility index (Phi) is 5.19. The molecule has 2 atom stereocenters. The molecule has 1 amide bonds. The summed E-state index contributed by atoms with van der Waals surface area (Å²) in [5.74, 6) is 0.430. The number of carbonyl (C=O) groups is 1. The Bertz CT molecular complexity index is 403. The zero-order chi connectivity index (χ0) is 13.0. The molecule has 2 unspecified atom stereocenters. The smallest absolute Gasteiger partial charge is 0.251 e. The molecule has 1 N–H and O–H groups in total. The predicted octanol–water partition coefficient (Wildman–Crippen LogP) is 3.45. The maximum atomic E-state index is 12.0. The van der Waals surface area contributed by atoms with Crippen LogP contribution in [0.3, 0.4) is 0 Å². The first-order chi connectivity index (χ1) is 7.95. The molecule has 1 rings (SSSR count). The van der Waals surface area contributed by atoms with Gasteiger partial charge < -0.3 is 5.32 Å². The highest BCUT2D eigenvalue weighted by atomic mass is 79.9.